The molecule has 0 aromatic carbocycles. The average molecular weight is 215 g/mol. The van der Waals surface area contributed by atoms with Crippen LogP contribution >= 0.6 is 0 Å². The molecule has 4 unspecified atom stereocenters. The lowest BCUT2D eigenvalue weighted by Crippen LogP contribution is -2.60. The fourth-order valence-electron chi connectivity index (χ4n) is 2.92. The number of hydrogen-bond donors (Lipinski definition) is 1. The Balaban J connectivity index is 2.20. The molecule has 14 heavy (non-hydrogen) atoms. The molecule has 2 fully saturated rings. The number of nitrogens with one attached hydrogen (secondary N) is 1. The molecule has 1 heterocycles. The van der Waals surface area contributed by atoms with Crippen LogP contribution in [0.25, 0.3) is 0 Å². The maximum Gasteiger partial charge on any atom is 0.0509 e. The van der Waals surface area contributed by atoms with Crippen molar-refractivity contribution < 1.29 is 4.21 Å². The highest BCUT2D eigenvalue weighted by molar-refractivity contribution is 7.86. The Bertz CT molecular complexity index is 252. The van der Waals surface area contributed by atoms with E-state index in [1.165, 1.54) is 12.8 Å². The first kappa shape index (κ1) is 10.6. The van der Waals surface area contributed by atoms with Gasteiger partial charge in [0.15, 0.2) is 0 Å². The van der Waals surface area contributed by atoms with Crippen molar-refractivity contribution in [2.24, 2.45) is 5.41 Å². The first-order valence-electron chi connectivity index (χ1n) is 5.65. The maximum absolute atomic E-state index is 12.1. The molecule has 1 saturated heterocycles. The Hall–Kier alpha value is 0.110. The number of rotatable bonds is 0. The van der Waals surface area contributed by atoms with Gasteiger partial charge in [-0.15, -0.1) is 0 Å². The minimum atomic E-state index is -0.611. The monoisotopic (exact) mass is 215 g/mol. The summed E-state index contributed by atoms with van der Waals surface area (Å²) < 4.78 is 12.1. The highest BCUT2D eigenvalue weighted by atomic mass is 32.2. The Morgan fingerprint density at radius 1 is 1.43 bits per heavy atom. The Kier molecular flexibility index (Phi) is 2.73. The van der Waals surface area contributed by atoms with Crippen molar-refractivity contribution in [3.63, 3.8) is 0 Å². The summed E-state index contributed by atoms with van der Waals surface area (Å²) in [6, 6.07) is 0.480. The number of hydrogen-bond acceptors (Lipinski definition) is 2. The molecule has 0 bridgehead atoms. The van der Waals surface area contributed by atoms with Gasteiger partial charge < -0.3 is 5.32 Å². The van der Waals surface area contributed by atoms with E-state index in [9.17, 15) is 4.21 Å². The zero-order valence-electron chi connectivity index (χ0n) is 9.38. The van der Waals surface area contributed by atoms with Crippen molar-refractivity contribution in [3.8, 4) is 0 Å². The standard InChI is InChI=1S/C11H21NOS/c1-8-7-12-10-9(14(8)13)5-4-6-11(10,2)3/h8-10,12H,4-7H2,1-3H3. The van der Waals surface area contributed by atoms with E-state index in [4.69, 9.17) is 0 Å². The summed E-state index contributed by atoms with van der Waals surface area (Å²) in [5, 5.41) is 4.34. The van der Waals surface area contributed by atoms with Crippen LogP contribution in [0.15, 0.2) is 0 Å². The van der Waals surface area contributed by atoms with Crippen LogP contribution in [0.1, 0.15) is 40.0 Å². The topological polar surface area (TPSA) is 29.1 Å². The number of fused-ring (bicyclic) bond motifs is 1. The first-order valence-corrected chi connectivity index (χ1v) is 6.93. The Morgan fingerprint density at radius 2 is 2.14 bits per heavy atom. The molecule has 1 N–H and O–H groups in total. The minimum Gasteiger partial charge on any atom is -0.311 e. The Morgan fingerprint density at radius 3 is 2.86 bits per heavy atom. The molecule has 0 aromatic rings. The largest absolute Gasteiger partial charge is 0.311 e. The zero-order valence-corrected chi connectivity index (χ0v) is 10.2. The zero-order chi connectivity index (χ0) is 10.3. The van der Waals surface area contributed by atoms with Crippen LogP contribution in [0, 0.1) is 5.41 Å². The van der Waals surface area contributed by atoms with Gasteiger partial charge in [0.1, 0.15) is 0 Å². The summed E-state index contributed by atoms with van der Waals surface area (Å²) in [5.41, 5.74) is 0.332. The van der Waals surface area contributed by atoms with Crippen molar-refractivity contribution in [3.05, 3.63) is 0 Å². The predicted molar refractivity (Wildman–Crippen MR) is 60.8 cm³/mol. The molecule has 4 atom stereocenters. The van der Waals surface area contributed by atoms with Crippen LogP contribution in [0.5, 0.6) is 0 Å². The quantitative estimate of drug-likeness (QED) is 0.666. The van der Waals surface area contributed by atoms with Gasteiger partial charge in [0.05, 0.1) is 5.25 Å². The van der Waals surface area contributed by atoms with Crippen molar-refractivity contribution in [2.45, 2.75) is 56.6 Å². The van der Waals surface area contributed by atoms with Crippen LogP contribution < -0.4 is 5.32 Å². The van der Waals surface area contributed by atoms with E-state index in [0.717, 1.165) is 13.0 Å². The van der Waals surface area contributed by atoms with Crippen molar-refractivity contribution in [1.29, 1.82) is 0 Å². The predicted octanol–water partition coefficient (Wildman–Crippen LogP) is 1.67. The third-order valence-corrected chi connectivity index (χ3v) is 5.91. The van der Waals surface area contributed by atoms with Crippen LogP contribution in [0.2, 0.25) is 0 Å². The molecule has 82 valence electrons. The van der Waals surface area contributed by atoms with Gasteiger partial charge in [0, 0.05) is 28.6 Å². The molecular formula is C11H21NOS. The molecule has 0 radical (unpaired) electrons. The maximum atomic E-state index is 12.1. The van der Waals surface area contributed by atoms with E-state index in [-0.39, 0.29) is 0 Å². The smallest absolute Gasteiger partial charge is 0.0509 e. The van der Waals surface area contributed by atoms with Crippen LogP contribution in [0.4, 0.5) is 0 Å². The second-order valence-electron chi connectivity index (χ2n) is 5.44. The molecular weight excluding hydrogens is 194 g/mol. The lowest BCUT2D eigenvalue weighted by atomic mass is 9.73. The molecule has 1 aliphatic carbocycles. The van der Waals surface area contributed by atoms with E-state index >= 15 is 0 Å². The SMILES string of the molecule is CC1CNC2C(CCCC2(C)C)S1=O. The van der Waals surface area contributed by atoms with Gasteiger partial charge in [0.25, 0.3) is 0 Å². The molecule has 1 saturated carbocycles. The van der Waals surface area contributed by atoms with Gasteiger partial charge in [-0.25, -0.2) is 0 Å². The van der Waals surface area contributed by atoms with Gasteiger partial charge in [-0.1, -0.05) is 20.3 Å². The van der Waals surface area contributed by atoms with Crippen LogP contribution in [0.3, 0.4) is 0 Å². The highest BCUT2D eigenvalue weighted by Gasteiger charge is 2.45. The van der Waals surface area contributed by atoms with E-state index in [2.05, 4.69) is 26.1 Å². The molecule has 3 heteroatoms. The van der Waals surface area contributed by atoms with Gasteiger partial charge in [-0.05, 0) is 25.2 Å². The van der Waals surface area contributed by atoms with Crippen molar-refractivity contribution in [2.75, 3.05) is 6.54 Å². The minimum absolute atomic E-state index is 0.332. The molecule has 0 amide bonds. The summed E-state index contributed by atoms with van der Waals surface area (Å²) >= 11 is 0. The molecule has 2 aliphatic rings. The molecule has 0 aromatic heterocycles. The summed E-state index contributed by atoms with van der Waals surface area (Å²) in [6.07, 6.45) is 3.67. The van der Waals surface area contributed by atoms with Gasteiger partial charge in [-0.2, -0.15) is 0 Å². The third kappa shape index (κ3) is 1.65. The summed E-state index contributed by atoms with van der Waals surface area (Å²) in [6.45, 7) is 7.65. The summed E-state index contributed by atoms with van der Waals surface area (Å²) in [7, 11) is -0.611. The second kappa shape index (κ2) is 3.60. The normalized spacial score (nSPS) is 47.1. The van der Waals surface area contributed by atoms with Crippen molar-refractivity contribution in [1.82, 2.24) is 5.32 Å². The average Bonchev–Trinajstić information content (AvgIpc) is 2.11. The van der Waals surface area contributed by atoms with Gasteiger partial charge >= 0.3 is 0 Å². The van der Waals surface area contributed by atoms with Gasteiger partial charge in [0.2, 0.25) is 0 Å². The van der Waals surface area contributed by atoms with Crippen LogP contribution in [-0.2, 0) is 10.8 Å². The molecule has 2 rings (SSSR count). The highest BCUT2D eigenvalue weighted by Crippen LogP contribution is 2.39. The lowest BCUT2D eigenvalue weighted by Gasteiger charge is -2.47. The van der Waals surface area contributed by atoms with E-state index in [1.54, 1.807) is 0 Å². The first-order chi connectivity index (χ1) is 6.52. The molecule has 0 spiro atoms. The summed E-state index contributed by atoms with van der Waals surface area (Å²) in [4.78, 5) is 0. The molecule has 1 aliphatic heterocycles. The van der Waals surface area contributed by atoms with Gasteiger partial charge in [-0.3, -0.25) is 4.21 Å². The van der Waals surface area contributed by atoms with Crippen LogP contribution in [-0.4, -0.2) is 27.3 Å². The Labute approximate surface area is 89.3 Å². The fraction of sp³-hybridized carbons (Fsp3) is 1.00. The van der Waals surface area contributed by atoms with E-state index < -0.39 is 10.8 Å². The fourth-order valence-corrected chi connectivity index (χ4v) is 4.90. The van der Waals surface area contributed by atoms with Crippen molar-refractivity contribution >= 4 is 10.8 Å². The second-order valence-corrected chi connectivity index (χ2v) is 7.51. The summed E-state index contributed by atoms with van der Waals surface area (Å²) in [5.74, 6) is 0. The third-order valence-electron chi connectivity index (χ3n) is 3.84. The van der Waals surface area contributed by atoms with E-state index in [0.29, 0.717) is 22.0 Å². The van der Waals surface area contributed by atoms with E-state index in [1.807, 2.05) is 0 Å². The lowest BCUT2D eigenvalue weighted by molar-refractivity contribution is 0.167. The molecule has 2 nitrogen and oxygen atoms in total.